The Kier molecular flexibility index (Phi) is 17.2. The molecule has 13 heteroatoms. The van der Waals surface area contributed by atoms with Gasteiger partial charge in [-0.2, -0.15) is 11.8 Å². The zero-order valence-electron chi connectivity index (χ0n) is 20.3. The SMILES string of the molecule is [CH2-]CSc1ccc(OC(=O)C2CCN(C(=O)c3ccccc3)CC2)cc1.[Rf].[Rf].[Rf].[Rf].[Rf].[Rf].[Rf].[Rf]. The second kappa shape index (κ2) is 15.0. The molecule has 4 nitrogen and oxygen atoms in total. The normalized spacial score (nSPS) is 11.4. The average Bonchev–Trinajstić information content (AvgIpc) is 2.70. The van der Waals surface area contributed by atoms with Gasteiger partial charge in [-0.3, -0.25) is 9.59 Å². The maximum absolute atomic E-state index is 12.5. The van der Waals surface area contributed by atoms with E-state index in [4.69, 9.17) is 4.74 Å². The fourth-order valence-electron chi connectivity index (χ4n) is 3.00. The molecule has 0 unspecified atom stereocenters. The van der Waals surface area contributed by atoms with Crippen LogP contribution in [0.15, 0.2) is 59.5 Å². The number of amides is 1. The first kappa shape index (κ1) is 39.0. The van der Waals surface area contributed by atoms with Gasteiger partial charge >= 0.3 is 5.97 Å². The second-order valence-corrected chi connectivity index (χ2v) is 7.34. The number of likely N-dealkylation sites (tertiary alicyclic amines) is 1. The summed E-state index contributed by atoms with van der Waals surface area (Å²) in [4.78, 5) is 27.8. The van der Waals surface area contributed by atoms with Crippen LogP contribution in [0.4, 0.5) is 0 Å². The van der Waals surface area contributed by atoms with Crippen LogP contribution in [-0.4, -0.2) is 35.6 Å². The molecular weight excluding hydrogens is 2480 g/mol. The van der Waals surface area contributed by atoms with E-state index in [0.717, 1.165) is 10.6 Å². The van der Waals surface area contributed by atoms with E-state index in [2.05, 4.69) is 6.92 Å². The van der Waals surface area contributed by atoms with Gasteiger partial charge in [0, 0.05) is 23.5 Å². The molecule has 1 aliphatic rings. The third kappa shape index (κ3) is 6.92. The van der Waals surface area contributed by atoms with E-state index in [9.17, 15) is 9.59 Å². The number of ether oxygens (including phenoxy) is 1. The Hall–Kier alpha value is -10.3. The number of esters is 1. The number of carbonyl (C=O) groups excluding carboxylic acids is 2. The van der Waals surface area contributed by atoms with Crippen LogP contribution < -0.4 is 4.74 Å². The number of hydrogen-bond acceptors (Lipinski definition) is 4. The fourth-order valence-corrected chi connectivity index (χ4v) is 3.57. The summed E-state index contributed by atoms with van der Waals surface area (Å²) >= 11 is 1.64. The van der Waals surface area contributed by atoms with Crippen LogP contribution in [0.25, 0.3) is 0 Å². The number of carbonyl (C=O) groups is 2. The van der Waals surface area contributed by atoms with Gasteiger partial charge in [-0.05, 0) is 49.2 Å². The summed E-state index contributed by atoms with van der Waals surface area (Å²) in [6.45, 7) is 4.95. The molecule has 1 heterocycles. The van der Waals surface area contributed by atoms with Crippen molar-refractivity contribution in [2.45, 2.75) is 17.7 Å². The monoisotopic (exact) mass is 2510 g/mol. The smallest absolute Gasteiger partial charge is 0.314 e. The van der Waals surface area contributed by atoms with Gasteiger partial charge in [-0.15, -0.1) is 5.75 Å². The second-order valence-electron chi connectivity index (χ2n) is 6.17. The van der Waals surface area contributed by atoms with Gasteiger partial charge in [-0.1, -0.05) is 18.2 Å². The summed E-state index contributed by atoms with van der Waals surface area (Å²) in [5.41, 5.74) is 0.689. The summed E-state index contributed by atoms with van der Waals surface area (Å²) < 4.78 is 5.50. The molecular formula is C21H22NO3Rf8S-. The van der Waals surface area contributed by atoms with E-state index < -0.39 is 0 Å². The minimum absolute atomic E-state index is 0. The average molecular weight is 2500 g/mol. The van der Waals surface area contributed by atoms with Crippen LogP contribution in [0.5, 0.6) is 5.75 Å². The van der Waals surface area contributed by atoms with Gasteiger partial charge < -0.3 is 16.6 Å². The van der Waals surface area contributed by atoms with E-state index in [1.165, 1.54) is 0 Å². The van der Waals surface area contributed by atoms with Crippen LogP contribution in [0.2, 0.25) is 0 Å². The van der Waals surface area contributed by atoms with Crippen LogP contribution in [0, 0.1) is 12.8 Å². The molecule has 0 N–H and O–H groups in total. The predicted octanol–water partition coefficient (Wildman–Crippen LogP) is 4.07. The minimum atomic E-state index is -0.214. The third-order valence-electron chi connectivity index (χ3n) is 4.45. The fraction of sp³-hybridized carbons (Fsp3) is 0.286. The Balaban J connectivity index is -0.000000245. The number of piperidine rings is 1. The summed E-state index contributed by atoms with van der Waals surface area (Å²) in [5, 5.41) is 0. The van der Waals surface area contributed by atoms with Crippen molar-refractivity contribution in [3.63, 3.8) is 0 Å². The topological polar surface area (TPSA) is 46.6 Å². The van der Waals surface area contributed by atoms with E-state index in [1.54, 1.807) is 11.8 Å². The molecule has 3 rings (SSSR count). The van der Waals surface area contributed by atoms with Gasteiger partial charge in [0.15, 0.2) is 0 Å². The Bertz CT molecular complexity index is 764. The van der Waals surface area contributed by atoms with E-state index >= 15 is 0 Å². The standard InChI is InChI=1S/C21H22NO3S.8Rf/c1-2-26-19-10-8-18(9-11-19)25-21(24)17-12-14-22(15-13-17)20(23)16-6-4-3-5-7-16;;;;;;;;/h3-11,17H,1-2,12-15H2;;;;;;;;/q-1;;;;;;;;. The Morgan fingerprint density at radius 2 is 1.32 bits per heavy atom. The van der Waals surface area contributed by atoms with Crippen LogP contribution in [0.1, 0.15) is 23.2 Å². The molecule has 0 aromatic heterocycles. The summed E-state index contributed by atoms with van der Waals surface area (Å²) in [7, 11) is 0. The first-order chi connectivity index (χ1) is 12.7. The molecule has 2 aromatic rings. The molecule has 0 bridgehead atoms. The Morgan fingerprint density at radius 1 is 0.824 bits per heavy atom. The van der Waals surface area contributed by atoms with E-state index in [-0.39, 0.29) is 17.8 Å². The Morgan fingerprint density at radius 3 is 1.79 bits per heavy atom. The van der Waals surface area contributed by atoms with Gasteiger partial charge in [0.05, 0.1) is 5.92 Å². The van der Waals surface area contributed by atoms with Crippen molar-refractivity contribution in [1.82, 2.24) is 4.90 Å². The first-order valence-electron chi connectivity index (χ1n) is 8.75. The van der Waals surface area contributed by atoms with Crippen molar-refractivity contribution in [3.8, 4) is 5.75 Å². The summed E-state index contributed by atoms with van der Waals surface area (Å²) in [6.07, 6.45) is 1.26. The minimum Gasteiger partial charge on any atom is -0.426 e. The van der Waals surface area contributed by atoms with Crippen LogP contribution in [-0.2, 0) is 4.79 Å². The molecule has 0 atom stereocenters. The largest absolute Gasteiger partial charge is 0.426 e. The van der Waals surface area contributed by atoms with Crippen LogP contribution in [0.3, 0.4) is 0 Å². The molecule has 0 aliphatic carbocycles. The van der Waals surface area contributed by atoms with Gasteiger partial charge in [0.1, 0.15) is 5.75 Å². The molecule has 0 spiro atoms. The molecule has 0 radical (unpaired) electrons. The van der Waals surface area contributed by atoms with Crippen molar-refractivity contribution < 1.29 is 14.3 Å². The number of benzene rings is 2. The molecule has 152 valence electrons. The zero-order valence-corrected chi connectivity index (χ0v) is 72.3. The van der Waals surface area contributed by atoms with Crippen molar-refractivity contribution in [2.75, 3.05) is 18.8 Å². The molecule has 1 fully saturated rings. The Labute approximate surface area is 158 Å². The van der Waals surface area contributed by atoms with Crippen LogP contribution >= 0.6 is 11.8 Å². The maximum atomic E-state index is 12.5. The first-order valence-corrected chi connectivity index (χ1v) is 9.74. The number of rotatable bonds is 5. The number of thioether (sulfide) groups is 1. The molecule has 1 aliphatic heterocycles. The molecule has 2 aromatic carbocycles. The molecule has 34 heavy (non-hydrogen) atoms. The van der Waals surface area contributed by atoms with E-state index in [0.29, 0.717) is 37.2 Å². The zero-order chi connectivity index (χ0) is 18.4. The molecule has 0 saturated carbocycles. The van der Waals surface area contributed by atoms with Gasteiger partial charge in [0.2, 0.25) is 0 Å². The number of nitrogens with zero attached hydrogens (tertiary/aromatic N) is 1. The quantitative estimate of drug-likeness (QED) is 0.197. The van der Waals surface area contributed by atoms with Gasteiger partial charge in [-0.25, -0.2) is 0 Å². The van der Waals surface area contributed by atoms with Crippen molar-refractivity contribution in [3.05, 3.63) is 67.1 Å². The number of hydrogen-bond donors (Lipinski definition) is 0. The predicted molar refractivity (Wildman–Crippen MR) is 103 cm³/mol. The maximum Gasteiger partial charge on any atom is 0.314 e. The van der Waals surface area contributed by atoms with Gasteiger partial charge in [0.25, 0.3) is 5.91 Å². The summed E-state index contributed by atoms with van der Waals surface area (Å²) in [5.74, 6) is 0.972. The molecule has 1 saturated heterocycles. The van der Waals surface area contributed by atoms with E-state index in [1.807, 2.05) is 59.5 Å². The third-order valence-corrected chi connectivity index (χ3v) is 5.26. The van der Waals surface area contributed by atoms with Crippen molar-refractivity contribution >= 4 is 23.6 Å². The van der Waals surface area contributed by atoms with Crippen molar-refractivity contribution in [1.29, 1.82) is 0 Å². The summed E-state index contributed by atoms with van der Waals surface area (Å²) in [6, 6.07) is 16.7. The van der Waals surface area contributed by atoms with Crippen molar-refractivity contribution in [2.24, 2.45) is 5.92 Å². The molecule has 1 amide bonds.